The molecule has 0 N–H and O–H groups in total. The van der Waals surface area contributed by atoms with E-state index in [9.17, 15) is 0 Å². The first-order valence-electron chi connectivity index (χ1n) is 5.16. The summed E-state index contributed by atoms with van der Waals surface area (Å²) >= 11 is 0. The van der Waals surface area contributed by atoms with Crippen molar-refractivity contribution in [2.75, 3.05) is 0 Å². The van der Waals surface area contributed by atoms with Crippen molar-refractivity contribution < 1.29 is 0 Å². The van der Waals surface area contributed by atoms with E-state index in [0.29, 0.717) is 0 Å². The zero-order chi connectivity index (χ0) is 9.82. The number of rotatable bonds is 4. The van der Waals surface area contributed by atoms with E-state index in [1.165, 1.54) is 18.4 Å². The maximum Gasteiger partial charge on any atom is -0.0285 e. The van der Waals surface area contributed by atoms with Crippen LogP contribution < -0.4 is 0 Å². The minimum absolute atomic E-state index is 1.14. The van der Waals surface area contributed by atoms with Crippen LogP contribution >= 0.6 is 0 Å². The Morgan fingerprint density at radius 1 is 1.17 bits per heavy atom. The van der Waals surface area contributed by atoms with Crippen LogP contribution in [0.2, 0.25) is 0 Å². The Balaban J connectivity index is 0. The molecule has 0 aromatic rings. The van der Waals surface area contributed by atoms with E-state index in [1.54, 1.807) is 0 Å². The van der Waals surface area contributed by atoms with Gasteiger partial charge in [-0.2, -0.15) is 0 Å². The summed E-state index contributed by atoms with van der Waals surface area (Å²) in [6.45, 7) is 10.5. The van der Waals surface area contributed by atoms with Crippen molar-refractivity contribution in [3.8, 4) is 0 Å². The van der Waals surface area contributed by atoms with Crippen LogP contribution in [0.25, 0.3) is 0 Å². The highest BCUT2D eigenvalue weighted by molar-refractivity contribution is 5.17. The third-order valence-electron chi connectivity index (χ3n) is 1.48. The van der Waals surface area contributed by atoms with Crippen molar-refractivity contribution in [2.45, 2.75) is 53.9 Å². The van der Waals surface area contributed by atoms with E-state index >= 15 is 0 Å². The molecule has 0 aliphatic heterocycles. The zero-order valence-corrected chi connectivity index (χ0v) is 9.35. The molecule has 0 aromatic carbocycles. The second-order valence-electron chi connectivity index (χ2n) is 2.42. The second-order valence-corrected chi connectivity index (χ2v) is 2.42. The smallest absolute Gasteiger partial charge is 0.0285 e. The zero-order valence-electron chi connectivity index (χ0n) is 9.35. The molecule has 0 aliphatic rings. The van der Waals surface area contributed by atoms with Gasteiger partial charge in [0, 0.05) is 0 Å². The van der Waals surface area contributed by atoms with E-state index in [0.717, 1.165) is 6.42 Å². The third-order valence-corrected chi connectivity index (χ3v) is 1.48. The lowest BCUT2D eigenvalue weighted by molar-refractivity contribution is 0.922. The minimum atomic E-state index is 1.14. The first kappa shape index (κ1) is 14.0. The van der Waals surface area contributed by atoms with Crippen LogP contribution in [0.4, 0.5) is 0 Å². The molecule has 72 valence electrons. The molecule has 0 rings (SSSR count). The van der Waals surface area contributed by atoms with Gasteiger partial charge < -0.3 is 0 Å². The molecule has 0 radical (unpaired) electrons. The van der Waals surface area contributed by atoms with Gasteiger partial charge in [-0.15, -0.1) is 0 Å². The summed E-state index contributed by atoms with van der Waals surface area (Å²) in [5.41, 5.74) is 1.46. The van der Waals surface area contributed by atoms with Crippen molar-refractivity contribution in [1.29, 1.82) is 0 Å². The molecule has 0 spiro atoms. The van der Waals surface area contributed by atoms with Gasteiger partial charge in [-0.1, -0.05) is 57.9 Å². The molecule has 0 heteroatoms. The van der Waals surface area contributed by atoms with E-state index < -0.39 is 0 Å². The average molecular weight is 168 g/mol. The molecule has 0 nitrogen and oxygen atoms in total. The van der Waals surface area contributed by atoms with Gasteiger partial charge in [0.2, 0.25) is 0 Å². The predicted octanol–water partition coefficient (Wildman–Crippen LogP) is 4.73. The van der Waals surface area contributed by atoms with Gasteiger partial charge in [-0.3, -0.25) is 0 Å². The predicted molar refractivity (Wildman–Crippen MR) is 59.4 cm³/mol. The van der Waals surface area contributed by atoms with Gasteiger partial charge in [0.25, 0.3) is 0 Å². The Labute approximate surface area is 78.4 Å². The monoisotopic (exact) mass is 168 g/mol. The van der Waals surface area contributed by atoms with Gasteiger partial charge in [0.1, 0.15) is 0 Å². The molecule has 12 heavy (non-hydrogen) atoms. The summed E-state index contributed by atoms with van der Waals surface area (Å²) < 4.78 is 0. The minimum Gasteiger partial charge on any atom is -0.0845 e. The Kier molecular flexibility index (Phi) is 15.3. The largest absolute Gasteiger partial charge is 0.0845 e. The Bertz CT molecular complexity index is 118. The molecule has 0 heterocycles. The fourth-order valence-electron chi connectivity index (χ4n) is 0.882. The fourth-order valence-corrected chi connectivity index (χ4v) is 0.882. The number of hydrogen-bond acceptors (Lipinski definition) is 0. The van der Waals surface area contributed by atoms with Crippen LogP contribution in [0.3, 0.4) is 0 Å². The number of allylic oxidation sites excluding steroid dienone is 4. The Hall–Kier alpha value is -0.520. The lowest BCUT2D eigenvalue weighted by atomic mass is 10.1. The standard InChI is InChI=1S/C10H18.C2H6/c1-4-7-9-10(6-3)8-5-2;1-2/h6-7,9H,4-5,8H2,1-3H3;1-2H3/b9-7-,10-6-;. The lowest BCUT2D eigenvalue weighted by Gasteiger charge is -1.95. The van der Waals surface area contributed by atoms with Crippen molar-refractivity contribution in [1.82, 2.24) is 0 Å². The molecule has 0 unspecified atom stereocenters. The van der Waals surface area contributed by atoms with Gasteiger partial charge in [-0.05, 0) is 19.8 Å². The van der Waals surface area contributed by atoms with Crippen LogP contribution in [0.15, 0.2) is 23.8 Å². The van der Waals surface area contributed by atoms with E-state index in [4.69, 9.17) is 0 Å². The van der Waals surface area contributed by atoms with Crippen LogP contribution in [-0.2, 0) is 0 Å². The molecule has 0 saturated carbocycles. The van der Waals surface area contributed by atoms with Gasteiger partial charge in [-0.25, -0.2) is 0 Å². The third kappa shape index (κ3) is 9.48. The summed E-state index contributed by atoms with van der Waals surface area (Å²) in [6.07, 6.45) is 10.2. The van der Waals surface area contributed by atoms with Gasteiger partial charge in [0.05, 0.1) is 0 Å². The highest BCUT2D eigenvalue weighted by Gasteiger charge is 1.85. The van der Waals surface area contributed by atoms with Crippen molar-refractivity contribution >= 4 is 0 Å². The van der Waals surface area contributed by atoms with Gasteiger partial charge in [0.15, 0.2) is 0 Å². The Morgan fingerprint density at radius 2 is 1.75 bits per heavy atom. The first-order chi connectivity index (χ1) is 5.85. The van der Waals surface area contributed by atoms with Crippen LogP contribution in [-0.4, -0.2) is 0 Å². The van der Waals surface area contributed by atoms with Crippen molar-refractivity contribution in [3.63, 3.8) is 0 Å². The molecule has 0 fully saturated rings. The normalized spacial score (nSPS) is 11.2. The number of hydrogen-bond donors (Lipinski definition) is 0. The summed E-state index contributed by atoms with van der Waals surface area (Å²) in [4.78, 5) is 0. The van der Waals surface area contributed by atoms with Crippen LogP contribution in [0.5, 0.6) is 0 Å². The maximum atomic E-state index is 2.23. The summed E-state index contributed by atoms with van der Waals surface area (Å²) in [5.74, 6) is 0. The molecule has 0 bridgehead atoms. The maximum absolute atomic E-state index is 2.23. The van der Waals surface area contributed by atoms with Crippen molar-refractivity contribution in [3.05, 3.63) is 23.8 Å². The van der Waals surface area contributed by atoms with E-state index in [-0.39, 0.29) is 0 Å². The average Bonchev–Trinajstić information content (AvgIpc) is 2.15. The molecule has 0 saturated heterocycles. The highest BCUT2D eigenvalue weighted by atomic mass is 13.9. The lowest BCUT2D eigenvalue weighted by Crippen LogP contribution is -1.75. The Morgan fingerprint density at radius 3 is 2.08 bits per heavy atom. The molecule has 0 aliphatic carbocycles. The van der Waals surface area contributed by atoms with Crippen LogP contribution in [0.1, 0.15) is 53.9 Å². The van der Waals surface area contributed by atoms with E-state index in [1.807, 2.05) is 13.8 Å². The summed E-state index contributed by atoms with van der Waals surface area (Å²) in [7, 11) is 0. The molecule has 0 amide bonds. The first-order valence-corrected chi connectivity index (χ1v) is 5.16. The van der Waals surface area contributed by atoms with E-state index in [2.05, 4.69) is 39.0 Å². The SMILES string of the molecule is C/C=C(\C=C/CC)CCC.CC. The van der Waals surface area contributed by atoms with Crippen molar-refractivity contribution in [2.24, 2.45) is 0 Å². The fraction of sp³-hybridized carbons (Fsp3) is 0.667. The topological polar surface area (TPSA) is 0 Å². The quantitative estimate of drug-likeness (QED) is 0.532. The van der Waals surface area contributed by atoms with Crippen LogP contribution in [0, 0.1) is 0 Å². The molecule has 0 aromatic heterocycles. The second kappa shape index (κ2) is 13.1. The molecular formula is C12H24. The summed E-state index contributed by atoms with van der Waals surface area (Å²) in [5, 5.41) is 0. The highest BCUT2D eigenvalue weighted by Crippen LogP contribution is 2.05. The summed E-state index contributed by atoms with van der Waals surface area (Å²) in [6, 6.07) is 0. The molecular weight excluding hydrogens is 144 g/mol. The molecule has 0 atom stereocenters. The van der Waals surface area contributed by atoms with Gasteiger partial charge >= 0.3 is 0 Å².